The number of aromatic nitrogens is 2. The zero-order chi connectivity index (χ0) is 33.6. The number of aromatic amines is 1. The van der Waals surface area contributed by atoms with E-state index in [1.165, 1.54) is 10.8 Å². The standard InChI is InChI=1S/C30H56N2O9Si3/c1-18(2)43(19(3)4)37-16-23-25(40-44(41-43,20(5)6)21(7)8)26(39-42(12,13)14)24(38-23)22-15-32(29(35)31-27(22)33)17-36-28(34)30(9,10)11/h15,18-21,23-26H,16-17H2,1-14H3,(H,31,33,35)/t23-,24+,25-,26+/m1/s1. The highest BCUT2D eigenvalue weighted by atomic mass is 28.5. The van der Waals surface area contributed by atoms with Crippen LogP contribution in [0.2, 0.25) is 41.8 Å². The number of rotatable bonds is 9. The van der Waals surface area contributed by atoms with Crippen LogP contribution in [0.25, 0.3) is 0 Å². The molecule has 3 heterocycles. The number of esters is 1. The maximum atomic E-state index is 13.4. The molecule has 11 nitrogen and oxygen atoms in total. The van der Waals surface area contributed by atoms with Crippen molar-refractivity contribution in [2.45, 2.75) is 149 Å². The van der Waals surface area contributed by atoms with Gasteiger partial charge in [-0.2, -0.15) is 0 Å². The van der Waals surface area contributed by atoms with E-state index in [4.69, 9.17) is 26.9 Å². The maximum Gasteiger partial charge on any atom is 0.335 e. The molecule has 0 aliphatic carbocycles. The molecule has 0 bridgehead atoms. The third-order valence-electron chi connectivity index (χ3n) is 8.42. The van der Waals surface area contributed by atoms with E-state index >= 15 is 0 Å². The Labute approximate surface area is 265 Å². The molecule has 0 spiro atoms. The lowest BCUT2D eigenvalue weighted by atomic mass is 9.98. The SMILES string of the molecule is CC(C)[Si]1(C(C)C)OC[C@H]2O[C@@H](c3cn(COC(=O)C(C)(C)C)c(=O)[nH]c3=O)[C@H](O[Si](C)(C)C)[C@@H]2O[Si](C(C)C)(C(C)C)O1. The molecule has 2 aliphatic heterocycles. The number of fused-ring (bicyclic) bond motifs is 1. The highest BCUT2D eigenvalue weighted by molar-refractivity contribution is 6.84. The molecular weight excluding hydrogens is 617 g/mol. The fraction of sp³-hybridized carbons (Fsp3) is 0.833. The predicted octanol–water partition coefficient (Wildman–Crippen LogP) is 5.70. The molecule has 1 aromatic rings. The van der Waals surface area contributed by atoms with Crippen molar-refractivity contribution in [3.8, 4) is 0 Å². The van der Waals surface area contributed by atoms with E-state index in [9.17, 15) is 14.4 Å². The van der Waals surface area contributed by atoms with Gasteiger partial charge in [0.15, 0.2) is 15.0 Å². The van der Waals surface area contributed by atoms with Gasteiger partial charge in [-0.25, -0.2) is 4.79 Å². The van der Waals surface area contributed by atoms with Gasteiger partial charge in [0.25, 0.3) is 5.56 Å². The number of carbonyl (C=O) groups is 1. The number of hydrogen-bond acceptors (Lipinski definition) is 9. The molecule has 0 aromatic carbocycles. The third kappa shape index (κ3) is 7.59. The second kappa shape index (κ2) is 13.4. The fourth-order valence-electron chi connectivity index (χ4n) is 6.10. The molecule has 2 fully saturated rings. The van der Waals surface area contributed by atoms with Crippen molar-refractivity contribution >= 4 is 31.4 Å². The predicted molar refractivity (Wildman–Crippen MR) is 177 cm³/mol. The normalized spacial score (nSPS) is 25.8. The summed E-state index contributed by atoms with van der Waals surface area (Å²) in [6.45, 7) is 28.6. The van der Waals surface area contributed by atoms with E-state index in [-0.39, 0.29) is 41.1 Å². The minimum absolute atomic E-state index is 0.101. The van der Waals surface area contributed by atoms with E-state index < -0.39 is 72.5 Å². The second-order valence-electron chi connectivity index (χ2n) is 15.5. The first-order valence-corrected chi connectivity index (χ1v) is 23.3. The van der Waals surface area contributed by atoms with Gasteiger partial charge < -0.3 is 26.9 Å². The number of nitrogens with one attached hydrogen (secondary N) is 1. The minimum Gasteiger partial charge on any atom is -0.443 e. The van der Waals surface area contributed by atoms with Crippen LogP contribution in [-0.2, 0) is 38.4 Å². The van der Waals surface area contributed by atoms with Crippen molar-refractivity contribution in [1.82, 2.24) is 9.55 Å². The van der Waals surface area contributed by atoms with E-state index in [2.05, 4.69) is 80.0 Å². The third-order valence-corrected chi connectivity index (χ3v) is 19.7. The fourth-order valence-corrected chi connectivity index (χ4v) is 18.4. The summed E-state index contributed by atoms with van der Waals surface area (Å²) in [5.74, 6) is -0.468. The first-order valence-electron chi connectivity index (χ1n) is 15.9. The van der Waals surface area contributed by atoms with Gasteiger partial charge >= 0.3 is 28.8 Å². The van der Waals surface area contributed by atoms with Crippen molar-refractivity contribution in [3.05, 3.63) is 32.6 Å². The van der Waals surface area contributed by atoms with E-state index in [0.717, 1.165) is 0 Å². The Morgan fingerprint density at radius 3 is 2.02 bits per heavy atom. The summed E-state index contributed by atoms with van der Waals surface area (Å²) in [7, 11) is -8.04. The lowest BCUT2D eigenvalue weighted by Crippen LogP contribution is -2.66. The van der Waals surface area contributed by atoms with Gasteiger partial charge in [0.05, 0.1) is 17.6 Å². The van der Waals surface area contributed by atoms with Crippen molar-refractivity contribution in [2.75, 3.05) is 6.61 Å². The molecular formula is C30H56N2O9Si3. The highest BCUT2D eigenvalue weighted by Gasteiger charge is 2.62. The topological polar surface area (TPSA) is 127 Å². The molecule has 252 valence electrons. The highest BCUT2D eigenvalue weighted by Crippen LogP contribution is 2.49. The maximum absolute atomic E-state index is 13.4. The molecule has 44 heavy (non-hydrogen) atoms. The smallest absolute Gasteiger partial charge is 0.335 e. The van der Waals surface area contributed by atoms with Crippen molar-refractivity contribution in [2.24, 2.45) is 5.41 Å². The van der Waals surface area contributed by atoms with Crippen LogP contribution in [-0.4, -0.2) is 65.9 Å². The van der Waals surface area contributed by atoms with E-state index in [1.807, 2.05) is 0 Å². The van der Waals surface area contributed by atoms with Gasteiger partial charge in [0, 0.05) is 6.20 Å². The average molecular weight is 673 g/mol. The van der Waals surface area contributed by atoms with E-state index in [1.54, 1.807) is 20.8 Å². The van der Waals surface area contributed by atoms with Crippen LogP contribution in [0.4, 0.5) is 0 Å². The number of nitrogens with zero attached hydrogens (tertiary/aromatic N) is 1. The Hall–Kier alpha value is -1.40. The van der Waals surface area contributed by atoms with Gasteiger partial charge in [0.1, 0.15) is 24.4 Å². The van der Waals surface area contributed by atoms with Crippen molar-refractivity contribution < 1.29 is 31.7 Å². The number of H-pyrrole nitrogens is 1. The summed E-state index contributed by atoms with van der Waals surface area (Å²) >= 11 is 0. The van der Waals surface area contributed by atoms with Crippen molar-refractivity contribution in [1.29, 1.82) is 0 Å². The largest absolute Gasteiger partial charge is 0.443 e. The monoisotopic (exact) mass is 672 g/mol. The number of carbonyl (C=O) groups excluding carboxylic acids is 1. The molecule has 0 radical (unpaired) electrons. The van der Waals surface area contributed by atoms with Gasteiger partial charge in [0.2, 0.25) is 0 Å². The molecule has 0 unspecified atom stereocenters. The summed E-state index contributed by atoms with van der Waals surface area (Å²) in [5.41, 5.74) is -1.28. The van der Waals surface area contributed by atoms with Gasteiger partial charge in [-0.1, -0.05) is 55.4 Å². The van der Waals surface area contributed by atoms with Crippen LogP contribution in [0.15, 0.2) is 15.8 Å². The number of ether oxygens (including phenoxy) is 2. The molecule has 2 aliphatic rings. The lowest BCUT2D eigenvalue weighted by molar-refractivity contribution is -0.157. The summed E-state index contributed by atoms with van der Waals surface area (Å²) in [5, 5.41) is 0. The van der Waals surface area contributed by atoms with Gasteiger partial charge in [-0.05, 0) is 62.6 Å². The Balaban J connectivity index is 2.16. The Morgan fingerprint density at radius 1 is 1.00 bits per heavy atom. The Bertz CT molecular complexity index is 1260. The van der Waals surface area contributed by atoms with Crippen LogP contribution in [0, 0.1) is 5.41 Å². The molecule has 2 saturated heterocycles. The zero-order valence-corrected chi connectivity index (χ0v) is 32.2. The lowest BCUT2D eigenvalue weighted by Gasteiger charge is -2.51. The van der Waals surface area contributed by atoms with Gasteiger partial charge in [-0.3, -0.25) is 19.1 Å². The summed E-state index contributed by atoms with van der Waals surface area (Å²) in [4.78, 5) is 41.0. The first-order chi connectivity index (χ1) is 20.1. The van der Waals surface area contributed by atoms with Crippen LogP contribution in [0.5, 0.6) is 0 Å². The van der Waals surface area contributed by atoms with Gasteiger partial charge in [-0.15, -0.1) is 0 Å². The first kappa shape index (κ1) is 37.1. The van der Waals surface area contributed by atoms with Crippen molar-refractivity contribution in [3.63, 3.8) is 0 Å². The average Bonchev–Trinajstić information content (AvgIpc) is 3.16. The quantitative estimate of drug-likeness (QED) is 0.260. The summed E-state index contributed by atoms with van der Waals surface area (Å²) in [6, 6.07) is 0. The Kier molecular flexibility index (Phi) is 11.3. The van der Waals surface area contributed by atoms with Crippen LogP contribution in [0.1, 0.15) is 87.8 Å². The number of hydrogen-bond donors (Lipinski definition) is 1. The zero-order valence-electron chi connectivity index (χ0n) is 29.2. The summed E-state index contributed by atoms with van der Waals surface area (Å²) in [6.07, 6.45) is -1.19. The summed E-state index contributed by atoms with van der Waals surface area (Å²) < 4.78 is 41.6. The minimum atomic E-state index is -3.00. The second-order valence-corrected chi connectivity index (χ2v) is 28.8. The molecule has 0 amide bonds. The molecule has 3 rings (SSSR count). The molecule has 14 heteroatoms. The van der Waals surface area contributed by atoms with Crippen LogP contribution in [0.3, 0.4) is 0 Å². The molecule has 1 N–H and O–H groups in total. The molecule has 1 aromatic heterocycles. The van der Waals surface area contributed by atoms with E-state index in [0.29, 0.717) is 0 Å². The van der Waals surface area contributed by atoms with Crippen LogP contribution >= 0.6 is 0 Å². The van der Waals surface area contributed by atoms with Crippen LogP contribution < -0.4 is 11.2 Å². The molecule has 0 saturated carbocycles. The Morgan fingerprint density at radius 2 is 1.55 bits per heavy atom. The molecule has 4 atom stereocenters.